The van der Waals surface area contributed by atoms with Crippen LogP contribution in [0.3, 0.4) is 0 Å². The summed E-state index contributed by atoms with van der Waals surface area (Å²) in [5.41, 5.74) is 2.81. The van der Waals surface area contributed by atoms with E-state index in [-0.39, 0.29) is 0 Å². The van der Waals surface area contributed by atoms with E-state index in [0.29, 0.717) is 3.92 Å². The van der Waals surface area contributed by atoms with Gasteiger partial charge >= 0.3 is 0 Å². The van der Waals surface area contributed by atoms with E-state index in [9.17, 15) is 0 Å². The summed E-state index contributed by atoms with van der Waals surface area (Å²) >= 11 is 2.52. The molecule has 66 valence electrons. The average molecular weight is 274 g/mol. The molecule has 1 atom stereocenters. The van der Waals surface area contributed by atoms with Gasteiger partial charge in [0.15, 0.2) is 0 Å². The summed E-state index contributed by atoms with van der Waals surface area (Å²) in [6.07, 6.45) is 2.55. The summed E-state index contributed by atoms with van der Waals surface area (Å²) in [6.45, 7) is 4.37. The molecule has 1 unspecified atom stereocenters. The molecule has 0 spiro atoms. The Kier molecular flexibility index (Phi) is 4.06. The van der Waals surface area contributed by atoms with Crippen molar-refractivity contribution < 1.29 is 0 Å². The van der Waals surface area contributed by atoms with Crippen LogP contribution in [0.5, 0.6) is 0 Å². The van der Waals surface area contributed by atoms with Crippen LogP contribution in [0.25, 0.3) is 0 Å². The molecule has 0 amide bonds. The van der Waals surface area contributed by atoms with Gasteiger partial charge in [-0.1, -0.05) is 65.8 Å². The fraction of sp³-hybridized carbons (Fsp3) is 0.455. The van der Waals surface area contributed by atoms with Gasteiger partial charge in [0.1, 0.15) is 0 Å². The number of aryl methyl sites for hydroxylation is 1. The third-order valence-electron chi connectivity index (χ3n) is 1.98. The first-order valence-corrected chi connectivity index (χ1v) is 5.69. The van der Waals surface area contributed by atoms with Crippen LogP contribution in [-0.4, -0.2) is 0 Å². The van der Waals surface area contributed by atoms with Crippen LogP contribution in [-0.2, 0) is 0 Å². The molecule has 1 aromatic carbocycles. The van der Waals surface area contributed by atoms with Crippen molar-refractivity contribution in [2.75, 3.05) is 0 Å². The van der Waals surface area contributed by atoms with Gasteiger partial charge in [-0.05, 0) is 18.9 Å². The van der Waals surface area contributed by atoms with E-state index in [4.69, 9.17) is 0 Å². The molecular formula is C11H15I. The molecule has 0 fully saturated rings. The fourth-order valence-corrected chi connectivity index (χ4v) is 2.23. The van der Waals surface area contributed by atoms with E-state index in [1.807, 2.05) is 0 Å². The normalized spacial score (nSPS) is 12.9. The Morgan fingerprint density at radius 2 is 1.83 bits per heavy atom. The molecule has 0 heterocycles. The summed E-state index contributed by atoms with van der Waals surface area (Å²) < 4.78 is 0.688. The van der Waals surface area contributed by atoms with E-state index < -0.39 is 0 Å². The second-order valence-electron chi connectivity index (χ2n) is 3.17. The highest BCUT2D eigenvalue weighted by Gasteiger charge is 2.04. The van der Waals surface area contributed by atoms with Gasteiger partial charge in [-0.3, -0.25) is 0 Å². The smallest absolute Gasteiger partial charge is 0.0359 e. The van der Waals surface area contributed by atoms with Gasteiger partial charge in [0.25, 0.3) is 0 Å². The Morgan fingerprint density at radius 1 is 1.25 bits per heavy atom. The first-order chi connectivity index (χ1) is 5.74. The second-order valence-corrected chi connectivity index (χ2v) is 4.67. The molecule has 0 N–H and O–H groups in total. The maximum atomic E-state index is 2.52. The van der Waals surface area contributed by atoms with Crippen LogP contribution < -0.4 is 0 Å². The number of benzene rings is 1. The zero-order chi connectivity index (χ0) is 8.97. The standard InChI is InChI=1S/C11H15I/c1-3-4-11(12)10-7-5-9(2)6-8-10/h5-8,11H,3-4H2,1-2H3. The number of hydrogen-bond acceptors (Lipinski definition) is 0. The van der Waals surface area contributed by atoms with Gasteiger partial charge in [0.2, 0.25) is 0 Å². The summed E-state index contributed by atoms with van der Waals surface area (Å²) in [7, 11) is 0. The third kappa shape index (κ3) is 2.77. The van der Waals surface area contributed by atoms with Crippen molar-refractivity contribution in [2.45, 2.75) is 30.6 Å². The minimum atomic E-state index is 0.688. The van der Waals surface area contributed by atoms with E-state index >= 15 is 0 Å². The van der Waals surface area contributed by atoms with Crippen LogP contribution in [0.15, 0.2) is 24.3 Å². The summed E-state index contributed by atoms with van der Waals surface area (Å²) in [6, 6.07) is 8.86. The lowest BCUT2D eigenvalue weighted by molar-refractivity contribution is 0.799. The van der Waals surface area contributed by atoms with Crippen molar-refractivity contribution in [3.8, 4) is 0 Å². The maximum Gasteiger partial charge on any atom is 0.0359 e. The Bertz CT molecular complexity index is 225. The van der Waals surface area contributed by atoms with Crippen LogP contribution in [0, 0.1) is 6.92 Å². The second kappa shape index (κ2) is 4.85. The van der Waals surface area contributed by atoms with Crippen molar-refractivity contribution >= 4 is 22.6 Å². The highest BCUT2D eigenvalue weighted by molar-refractivity contribution is 14.1. The lowest BCUT2D eigenvalue weighted by Gasteiger charge is -2.08. The predicted molar refractivity (Wildman–Crippen MR) is 62.8 cm³/mol. The Labute approximate surface area is 88.5 Å². The monoisotopic (exact) mass is 274 g/mol. The van der Waals surface area contributed by atoms with Crippen molar-refractivity contribution in [3.05, 3.63) is 35.4 Å². The van der Waals surface area contributed by atoms with Gasteiger partial charge in [-0.15, -0.1) is 0 Å². The topological polar surface area (TPSA) is 0 Å². The number of halogens is 1. The van der Waals surface area contributed by atoms with Gasteiger partial charge in [0.05, 0.1) is 0 Å². The molecule has 1 rings (SSSR count). The molecule has 1 aromatic rings. The first kappa shape index (κ1) is 10.0. The summed E-state index contributed by atoms with van der Waals surface area (Å²) in [5, 5.41) is 0. The van der Waals surface area contributed by atoms with Gasteiger partial charge in [0, 0.05) is 3.92 Å². The minimum Gasteiger partial charge on any atom is -0.0774 e. The van der Waals surface area contributed by atoms with Crippen LogP contribution in [0.4, 0.5) is 0 Å². The molecule has 0 bridgehead atoms. The highest BCUT2D eigenvalue weighted by atomic mass is 127. The van der Waals surface area contributed by atoms with E-state index in [0.717, 1.165) is 0 Å². The van der Waals surface area contributed by atoms with Gasteiger partial charge < -0.3 is 0 Å². The van der Waals surface area contributed by atoms with Crippen LogP contribution in [0.2, 0.25) is 0 Å². The first-order valence-electron chi connectivity index (χ1n) is 4.44. The van der Waals surface area contributed by atoms with E-state index in [2.05, 4.69) is 60.7 Å². The van der Waals surface area contributed by atoms with Crippen molar-refractivity contribution in [3.63, 3.8) is 0 Å². The third-order valence-corrected chi connectivity index (χ3v) is 3.32. The molecule has 0 nitrogen and oxygen atoms in total. The zero-order valence-electron chi connectivity index (χ0n) is 7.68. The molecule has 0 aliphatic carbocycles. The van der Waals surface area contributed by atoms with E-state index in [1.165, 1.54) is 24.0 Å². The molecule has 0 saturated heterocycles. The van der Waals surface area contributed by atoms with E-state index in [1.54, 1.807) is 0 Å². The Morgan fingerprint density at radius 3 is 2.33 bits per heavy atom. The molecule has 0 aliphatic rings. The summed E-state index contributed by atoms with van der Waals surface area (Å²) in [5.74, 6) is 0. The SMILES string of the molecule is CCCC(I)c1ccc(C)cc1. The summed E-state index contributed by atoms with van der Waals surface area (Å²) in [4.78, 5) is 0. The Hall–Kier alpha value is -0.0500. The zero-order valence-corrected chi connectivity index (χ0v) is 9.84. The number of hydrogen-bond donors (Lipinski definition) is 0. The fourth-order valence-electron chi connectivity index (χ4n) is 1.20. The lowest BCUT2D eigenvalue weighted by atomic mass is 10.1. The van der Waals surface area contributed by atoms with Crippen LogP contribution in [0.1, 0.15) is 34.8 Å². The molecule has 0 aliphatic heterocycles. The van der Waals surface area contributed by atoms with Crippen LogP contribution >= 0.6 is 22.6 Å². The molecule has 0 aromatic heterocycles. The molecule has 0 saturated carbocycles. The molecule has 1 heteroatoms. The van der Waals surface area contributed by atoms with Crippen molar-refractivity contribution in [1.29, 1.82) is 0 Å². The molecular weight excluding hydrogens is 259 g/mol. The number of rotatable bonds is 3. The van der Waals surface area contributed by atoms with Crippen molar-refractivity contribution in [1.82, 2.24) is 0 Å². The quantitative estimate of drug-likeness (QED) is 0.570. The lowest BCUT2D eigenvalue weighted by Crippen LogP contribution is -1.88. The molecule has 12 heavy (non-hydrogen) atoms. The minimum absolute atomic E-state index is 0.688. The highest BCUT2D eigenvalue weighted by Crippen LogP contribution is 2.27. The predicted octanol–water partition coefficient (Wildman–Crippen LogP) is 4.27. The maximum absolute atomic E-state index is 2.52. The number of alkyl halides is 1. The van der Waals surface area contributed by atoms with Gasteiger partial charge in [-0.2, -0.15) is 0 Å². The molecule has 0 radical (unpaired) electrons. The average Bonchev–Trinajstić information content (AvgIpc) is 2.06. The van der Waals surface area contributed by atoms with Gasteiger partial charge in [-0.25, -0.2) is 0 Å². The largest absolute Gasteiger partial charge is 0.0774 e. The van der Waals surface area contributed by atoms with Crippen molar-refractivity contribution in [2.24, 2.45) is 0 Å². The Balaban J connectivity index is 2.68.